The van der Waals surface area contributed by atoms with Crippen molar-refractivity contribution in [2.75, 3.05) is 20.2 Å². The second-order valence-corrected chi connectivity index (χ2v) is 7.74. The fourth-order valence-corrected chi connectivity index (χ4v) is 4.20. The Hall–Kier alpha value is -3.12. The summed E-state index contributed by atoms with van der Waals surface area (Å²) in [5.74, 6) is -0.431. The smallest absolute Gasteiger partial charge is 0.338 e. The molecular weight excluding hydrogens is 378 g/mol. The highest BCUT2D eigenvalue weighted by atomic mass is 16.5. The number of hydrogen-bond donors (Lipinski definition) is 2. The van der Waals surface area contributed by atoms with Gasteiger partial charge in [-0.1, -0.05) is 55.5 Å². The highest BCUT2D eigenvalue weighted by Gasteiger charge is 2.34. The molecular formula is C24H27N3O3. The number of amides is 2. The topological polar surface area (TPSA) is 70.7 Å². The number of nitrogens with one attached hydrogen (secondary N) is 2. The molecule has 2 N–H and O–H groups in total. The van der Waals surface area contributed by atoms with E-state index in [9.17, 15) is 9.59 Å². The Bertz CT molecular complexity index is 981. The van der Waals surface area contributed by atoms with Crippen molar-refractivity contribution in [2.24, 2.45) is 0 Å². The number of carbonyl (C=O) groups is 2. The van der Waals surface area contributed by atoms with Crippen LogP contribution in [0.1, 0.15) is 35.2 Å². The Morgan fingerprint density at radius 3 is 2.57 bits per heavy atom. The molecule has 2 heterocycles. The van der Waals surface area contributed by atoms with E-state index in [-0.39, 0.29) is 6.03 Å². The molecule has 6 heteroatoms. The molecule has 0 aromatic heterocycles. The molecule has 156 valence electrons. The van der Waals surface area contributed by atoms with E-state index in [1.54, 1.807) is 0 Å². The molecule has 0 unspecified atom stereocenters. The summed E-state index contributed by atoms with van der Waals surface area (Å²) in [6, 6.07) is 15.5. The van der Waals surface area contributed by atoms with Crippen molar-refractivity contribution in [1.82, 2.24) is 15.5 Å². The molecule has 6 nitrogen and oxygen atoms in total. The molecule has 0 spiro atoms. The summed E-state index contributed by atoms with van der Waals surface area (Å²) >= 11 is 0. The monoisotopic (exact) mass is 405 g/mol. The minimum Gasteiger partial charge on any atom is -0.466 e. The van der Waals surface area contributed by atoms with Crippen LogP contribution >= 0.6 is 0 Å². The normalized spacial score (nSPS) is 19.0. The first kappa shape index (κ1) is 20.2. The first-order valence-electron chi connectivity index (χ1n) is 10.4. The average Bonchev–Trinajstić information content (AvgIpc) is 2.78. The fraction of sp³-hybridized carbons (Fsp3) is 0.333. The van der Waals surface area contributed by atoms with E-state index in [2.05, 4.69) is 40.7 Å². The predicted octanol–water partition coefficient (Wildman–Crippen LogP) is 3.09. The number of fused-ring (bicyclic) bond motifs is 1. The lowest BCUT2D eigenvalue weighted by Gasteiger charge is -2.34. The second-order valence-electron chi connectivity index (χ2n) is 7.74. The molecule has 2 aliphatic heterocycles. The van der Waals surface area contributed by atoms with Gasteiger partial charge in [0.1, 0.15) is 0 Å². The van der Waals surface area contributed by atoms with Crippen LogP contribution in [0.25, 0.3) is 0 Å². The number of aryl methyl sites for hydroxylation is 1. The van der Waals surface area contributed by atoms with Crippen LogP contribution in [0.2, 0.25) is 0 Å². The first-order chi connectivity index (χ1) is 14.6. The fourth-order valence-electron chi connectivity index (χ4n) is 4.20. The number of carbonyl (C=O) groups excluding carboxylic acids is 2. The SMILES string of the molecule is CCc1ccc([C@@H]2NC(=O)NC(CN3CCc4ccccc4C3)=C2C(=O)OC)cc1. The zero-order chi connectivity index (χ0) is 21.1. The molecule has 1 atom stereocenters. The number of hydrogen-bond acceptors (Lipinski definition) is 4. The largest absolute Gasteiger partial charge is 0.466 e. The first-order valence-corrected chi connectivity index (χ1v) is 10.4. The molecule has 0 radical (unpaired) electrons. The third-order valence-electron chi connectivity index (χ3n) is 5.87. The highest BCUT2D eigenvalue weighted by molar-refractivity contribution is 5.95. The van der Waals surface area contributed by atoms with Crippen LogP contribution in [-0.4, -0.2) is 37.1 Å². The van der Waals surface area contributed by atoms with Crippen LogP contribution < -0.4 is 10.6 Å². The number of methoxy groups -OCH3 is 1. The Morgan fingerprint density at radius 1 is 1.13 bits per heavy atom. The summed E-state index contributed by atoms with van der Waals surface area (Å²) in [7, 11) is 1.37. The molecule has 0 saturated heterocycles. The van der Waals surface area contributed by atoms with Gasteiger partial charge in [-0.25, -0.2) is 9.59 Å². The standard InChI is InChI=1S/C24H27N3O3/c1-3-16-8-10-18(11-9-16)22-21(23(28)30-2)20(25-24(29)26-22)15-27-13-12-17-6-4-5-7-19(17)14-27/h4-11,22H,3,12-15H2,1-2H3,(H2,25,26,29)/t22-/m0/s1. The van der Waals surface area contributed by atoms with E-state index in [0.29, 0.717) is 17.8 Å². The number of benzene rings is 2. The van der Waals surface area contributed by atoms with Crippen LogP contribution in [0.15, 0.2) is 59.8 Å². The van der Waals surface area contributed by atoms with Crippen LogP contribution in [0.4, 0.5) is 4.79 Å². The van der Waals surface area contributed by atoms with Gasteiger partial charge in [0.05, 0.1) is 18.7 Å². The third-order valence-corrected chi connectivity index (χ3v) is 5.87. The summed E-state index contributed by atoms with van der Waals surface area (Å²) < 4.78 is 5.09. The van der Waals surface area contributed by atoms with Crippen LogP contribution in [0, 0.1) is 0 Å². The molecule has 2 aromatic rings. The van der Waals surface area contributed by atoms with Gasteiger partial charge in [-0.15, -0.1) is 0 Å². The zero-order valence-electron chi connectivity index (χ0n) is 17.4. The molecule has 30 heavy (non-hydrogen) atoms. The Kier molecular flexibility index (Phi) is 5.86. The number of ether oxygens (including phenoxy) is 1. The number of rotatable bonds is 5. The molecule has 2 amide bonds. The second kappa shape index (κ2) is 8.71. The van der Waals surface area contributed by atoms with Gasteiger partial charge in [0.25, 0.3) is 0 Å². The van der Waals surface area contributed by atoms with Gasteiger partial charge in [-0.3, -0.25) is 4.90 Å². The molecule has 4 rings (SSSR count). The van der Waals surface area contributed by atoms with Gasteiger partial charge in [-0.05, 0) is 35.1 Å². The maximum Gasteiger partial charge on any atom is 0.338 e. The van der Waals surface area contributed by atoms with Gasteiger partial charge in [0.2, 0.25) is 0 Å². The Labute approximate surface area is 176 Å². The number of esters is 1. The van der Waals surface area contributed by atoms with Gasteiger partial charge in [-0.2, -0.15) is 0 Å². The lowest BCUT2D eigenvalue weighted by Crippen LogP contribution is -2.48. The quantitative estimate of drug-likeness (QED) is 0.750. The van der Waals surface area contributed by atoms with Gasteiger partial charge in [0, 0.05) is 25.3 Å². The molecule has 0 saturated carbocycles. The predicted molar refractivity (Wildman–Crippen MR) is 115 cm³/mol. The minimum absolute atomic E-state index is 0.306. The van der Waals surface area contributed by atoms with E-state index in [4.69, 9.17) is 4.74 Å². The summed E-state index contributed by atoms with van der Waals surface area (Å²) in [6.07, 6.45) is 1.88. The number of urea groups is 1. The van der Waals surface area contributed by atoms with E-state index in [1.807, 2.05) is 30.3 Å². The zero-order valence-corrected chi connectivity index (χ0v) is 17.4. The number of nitrogens with zero attached hydrogens (tertiary/aromatic N) is 1. The van der Waals surface area contributed by atoms with Gasteiger partial charge in [0.15, 0.2) is 0 Å². The molecule has 2 aliphatic rings. The van der Waals surface area contributed by atoms with Gasteiger partial charge >= 0.3 is 12.0 Å². The van der Waals surface area contributed by atoms with Crippen molar-refractivity contribution in [3.05, 3.63) is 82.1 Å². The van der Waals surface area contributed by atoms with Crippen LogP contribution in [0.3, 0.4) is 0 Å². The van der Waals surface area contributed by atoms with E-state index in [1.165, 1.54) is 23.8 Å². The van der Waals surface area contributed by atoms with Crippen molar-refractivity contribution >= 4 is 12.0 Å². The van der Waals surface area contributed by atoms with Crippen molar-refractivity contribution in [3.63, 3.8) is 0 Å². The van der Waals surface area contributed by atoms with Crippen molar-refractivity contribution in [1.29, 1.82) is 0 Å². The minimum atomic E-state index is -0.538. The van der Waals surface area contributed by atoms with E-state index < -0.39 is 12.0 Å². The molecule has 0 bridgehead atoms. The Balaban J connectivity index is 1.66. The molecule has 0 fully saturated rings. The lowest BCUT2D eigenvalue weighted by molar-refractivity contribution is -0.136. The average molecular weight is 405 g/mol. The summed E-state index contributed by atoms with van der Waals surface area (Å²) in [5, 5.41) is 5.75. The van der Waals surface area contributed by atoms with Crippen molar-refractivity contribution in [3.8, 4) is 0 Å². The summed E-state index contributed by atoms with van der Waals surface area (Å²) in [6.45, 7) is 4.23. The van der Waals surface area contributed by atoms with Crippen molar-refractivity contribution in [2.45, 2.75) is 32.4 Å². The lowest BCUT2D eigenvalue weighted by atomic mass is 9.93. The highest BCUT2D eigenvalue weighted by Crippen LogP contribution is 2.29. The third kappa shape index (κ3) is 4.09. The van der Waals surface area contributed by atoms with E-state index >= 15 is 0 Å². The summed E-state index contributed by atoms with van der Waals surface area (Å²) in [4.78, 5) is 27.4. The maximum absolute atomic E-state index is 12.7. The molecule has 2 aromatic carbocycles. The Morgan fingerprint density at radius 2 is 1.87 bits per heavy atom. The van der Waals surface area contributed by atoms with Crippen LogP contribution in [-0.2, 0) is 28.9 Å². The summed E-state index contributed by atoms with van der Waals surface area (Å²) in [5.41, 5.74) is 5.78. The van der Waals surface area contributed by atoms with Crippen LogP contribution in [0.5, 0.6) is 0 Å². The molecule has 0 aliphatic carbocycles. The van der Waals surface area contributed by atoms with Gasteiger partial charge < -0.3 is 15.4 Å². The maximum atomic E-state index is 12.7. The van der Waals surface area contributed by atoms with Crippen molar-refractivity contribution < 1.29 is 14.3 Å². The van der Waals surface area contributed by atoms with E-state index in [0.717, 1.165) is 31.5 Å².